The molecule has 6 nitrogen and oxygen atoms in total. The van der Waals surface area contributed by atoms with Crippen LogP contribution in [0.5, 0.6) is 11.5 Å². The van der Waals surface area contributed by atoms with Crippen molar-refractivity contribution in [2.75, 3.05) is 32.8 Å². The van der Waals surface area contributed by atoms with Gasteiger partial charge < -0.3 is 14.8 Å². The third-order valence-corrected chi connectivity index (χ3v) is 5.60. The van der Waals surface area contributed by atoms with E-state index < -0.39 is 10.0 Å². The SMILES string of the molecule is CC1(CNS(=O)(=O)c2ccc3c(c2)OCCO3)CCCNC1. The summed E-state index contributed by atoms with van der Waals surface area (Å²) in [6.07, 6.45) is 2.09. The molecule has 1 saturated heterocycles. The zero-order valence-corrected chi connectivity index (χ0v) is 13.5. The molecule has 1 fully saturated rings. The summed E-state index contributed by atoms with van der Waals surface area (Å²) in [5.41, 5.74) is -0.0425. The largest absolute Gasteiger partial charge is 0.486 e. The zero-order chi connectivity index (χ0) is 15.6. The second kappa shape index (κ2) is 6.06. The fraction of sp³-hybridized carbons (Fsp3) is 0.600. The Labute approximate surface area is 131 Å². The zero-order valence-electron chi connectivity index (χ0n) is 12.7. The van der Waals surface area contributed by atoms with Crippen molar-refractivity contribution < 1.29 is 17.9 Å². The predicted octanol–water partition coefficient (Wildman–Crippen LogP) is 1.13. The fourth-order valence-electron chi connectivity index (χ4n) is 2.81. The van der Waals surface area contributed by atoms with Crippen LogP contribution in [0.1, 0.15) is 19.8 Å². The van der Waals surface area contributed by atoms with Crippen LogP contribution in [0.25, 0.3) is 0 Å². The summed E-state index contributed by atoms with van der Waals surface area (Å²) < 4.78 is 38.5. The Balaban J connectivity index is 1.72. The highest BCUT2D eigenvalue weighted by Gasteiger charge is 2.29. The third kappa shape index (κ3) is 3.37. The van der Waals surface area contributed by atoms with Gasteiger partial charge in [0, 0.05) is 19.2 Å². The molecule has 0 radical (unpaired) electrons. The minimum Gasteiger partial charge on any atom is -0.486 e. The van der Waals surface area contributed by atoms with Gasteiger partial charge in [-0.3, -0.25) is 0 Å². The maximum Gasteiger partial charge on any atom is 0.240 e. The van der Waals surface area contributed by atoms with Crippen molar-refractivity contribution >= 4 is 10.0 Å². The number of piperidine rings is 1. The van der Waals surface area contributed by atoms with Crippen molar-refractivity contribution in [3.8, 4) is 11.5 Å². The maximum absolute atomic E-state index is 12.5. The third-order valence-electron chi connectivity index (χ3n) is 4.20. The van der Waals surface area contributed by atoms with Crippen LogP contribution in [0.4, 0.5) is 0 Å². The number of hydrogen-bond acceptors (Lipinski definition) is 5. The lowest BCUT2D eigenvalue weighted by molar-refractivity contribution is 0.171. The average Bonchev–Trinajstić information content (AvgIpc) is 2.53. The van der Waals surface area contributed by atoms with Crippen LogP contribution >= 0.6 is 0 Å². The Hall–Kier alpha value is -1.31. The Bertz CT molecular complexity index is 639. The summed E-state index contributed by atoms with van der Waals surface area (Å²) >= 11 is 0. The summed E-state index contributed by atoms with van der Waals surface area (Å²) in [6.45, 7) is 5.29. The lowest BCUT2D eigenvalue weighted by Crippen LogP contribution is -2.45. The van der Waals surface area contributed by atoms with Gasteiger partial charge in [-0.25, -0.2) is 13.1 Å². The molecule has 0 aliphatic carbocycles. The van der Waals surface area contributed by atoms with E-state index in [1.54, 1.807) is 12.1 Å². The molecule has 0 bridgehead atoms. The first kappa shape index (κ1) is 15.6. The minimum absolute atomic E-state index is 0.0425. The quantitative estimate of drug-likeness (QED) is 0.867. The first-order chi connectivity index (χ1) is 10.5. The van der Waals surface area contributed by atoms with Gasteiger partial charge >= 0.3 is 0 Å². The van der Waals surface area contributed by atoms with Crippen molar-refractivity contribution in [2.45, 2.75) is 24.7 Å². The van der Waals surface area contributed by atoms with E-state index in [1.807, 2.05) is 0 Å². The Morgan fingerprint density at radius 1 is 1.27 bits per heavy atom. The number of rotatable bonds is 4. The van der Waals surface area contributed by atoms with Gasteiger partial charge in [-0.1, -0.05) is 6.92 Å². The Kier molecular flexibility index (Phi) is 4.29. The average molecular weight is 326 g/mol. The highest BCUT2D eigenvalue weighted by molar-refractivity contribution is 7.89. The molecule has 0 spiro atoms. The monoisotopic (exact) mass is 326 g/mol. The van der Waals surface area contributed by atoms with E-state index in [0.717, 1.165) is 25.9 Å². The van der Waals surface area contributed by atoms with Gasteiger partial charge in [0.05, 0.1) is 4.90 Å². The van der Waals surface area contributed by atoms with E-state index in [1.165, 1.54) is 6.07 Å². The molecule has 0 aromatic heterocycles. The highest BCUT2D eigenvalue weighted by atomic mass is 32.2. The van der Waals surface area contributed by atoms with E-state index in [0.29, 0.717) is 31.3 Å². The lowest BCUT2D eigenvalue weighted by Gasteiger charge is -2.34. The smallest absolute Gasteiger partial charge is 0.240 e. The molecule has 1 unspecified atom stereocenters. The fourth-order valence-corrected chi connectivity index (χ4v) is 4.03. The summed E-state index contributed by atoms with van der Waals surface area (Å²) in [5.74, 6) is 1.08. The molecule has 122 valence electrons. The van der Waals surface area contributed by atoms with Crippen LogP contribution in [-0.2, 0) is 10.0 Å². The molecule has 2 aliphatic heterocycles. The number of fused-ring (bicyclic) bond motifs is 1. The molecule has 0 saturated carbocycles. The van der Waals surface area contributed by atoms with Crippen LogP contribution in [-0.4, -0.2) is 41.3 Å². The summed E-state index contributed by atoms with van der Waals surface area (Å²) in [5, 5.41) is 3.32. The van der Waals surface area contributed by atoms with Crippen molar-refractivity contribution in [1.82, 2.24) is 10.0 Å². The molecular weight excluding hydrogens is 304 g/mol. The van der Waals surface area contributed by atoms with Crippen LogP contribution < -0.4 is 19.5 Å². The van der Waals surface area contributed by atoms with E-state index in [2.05, 4.69) is 17.0 Å². The molecular formula is C15H22N2O4S. The van der Waals surface area contributed by atoms with Gasteiger partial charge in [-0.2, -0.15) is 0 Å². The van der Waals surface area contributed by atoms with Crippen LogP contribution in [0.15, 0.2) is 23.1 Å². The van der Waals surface area contributed by atoms with E-state index in [-0.39, 0.29) is 10.3 Å². The molecule has 2 heterocycles. The Morgan fingerprint density at radius 3 is 2.77 bits per heavy atom. The van der Waals surface area contributed by atoms with Gasteiger partial charge in [-0.15, -0.1) is 0 Å². The van der Waals surface area contributed by atoms with Crippen molar-refractivity contribution in [1.29, 1.82) is 0 Å². The second-order valence-electron chi connectivity index (χ2n) is 6.22. The summed E-state index contributed by atoms with van der Waals surface area (Å²) in [7, 11) is -3.54. The van der Waals surface area contributed by atoms with Crippen LogP contribution in [0.2, 0.25) is 0 Å². The number of sulfonamides is 1. The van der Waals surface area contributed by atoms with Crippen molar-refractivity contribution in [3.63, 3.8) is 0 Å². The molecule has 22 heavy (non-hydrogen) atoms. The number of hydrogen-bond donors (Lipinski definition) is 2. The standard InChI is InChI=1S/C15H22N2O4S/c1-15(5-2-6-16-10-15)11-17-22(18,19)12-3-4-13-14(9-12)21-8-7-20-13/h3-4,9,16-17H,2,5-8,10-11H2,1H3. The molecule has 0 amide bonds. The first-order valence-electron chi connectivity index (χ1n) is 7.59. The van der Waals surface area contributed by atoms with Gasteiger partial charge in [0.1, 0.15) is 13.2 Å². The number of nitrogens with one attached hydrogen (secondary N) is 2. The minimum atomic E-state index is -3.54. The highest BCUT2D eigenvalue weighted by Crippen LogP contribution is 2.32. The maximum atomic E-state index is 12.5. The van der Waals surface area contributed by atoms with E-state index in [4.69, 9.17) is 9.47 Å². The van der Waals surface area contributed by atoms with Gasteiger partial charge in [0.2, 0.25) is 10.0 Å². The first-order valence-corrected chi connectivity index (χ1v) is 9.07. The van der Waals surface area contributed by atoms with Crippen LogP contribution in [0.3, 0.4) is 0 Å². The molecule has 3 rings (SSSR count). The van der Waals surface area contributed by atoms with E-state index >= 15 is 0 Å². The summed E-state index contributed by atoms with van der Waals surface area (Å²) in [6, 6.07) is 4.72. The number of benzene rings is 1. The molecule has 2 aliphatic rings. The normalized spacial score (nSPS) is 25.0. The molecule has 7 heteroatoms. The van der Waals surface area contributed by atoms with Gasteiger partial charge in [-0.05, 0) is 36.9 Å². The molecule has 2 N–H and O–H groups in total. The van der Waals surface area contributed by atoms with Crippen molar-refractivity contribution in [2.24, 2.45) is 5.41 Å². The Morgan fingerprint density at radius 2 is 2.05 bits per heavy atom. The van der Waals surface area contributed by atoms with Crippen LogP contribution in [0, 0.1) is 5.41 Å². The molecule has 1 aromatic rings. The molecule has 1 atom stereocenters. The predicted molar refractivity (Wildman–Crippen MR) is 82.8 cm³/mol. The van der Waals surface area contributed by atoms with Gasteiger partial charge in [0.15, 0.2) is 11.5 Å². The van der Waals surface area contributed by atoms with Crippen molar-refractivity contribution in [3.05, 3.63) is 18.2 Å². The molecule has 1 aromatic carbocycles. The topological polar surface area (TPSA) is 76.7 Å². The number of ether oxygens (including phenoxy) is 2. The summed E-state index contributed by atoms with van der Waals surface area (Å²) in [4.78, 5) is 0.212. The van der Waals surface area contributed by atoms with Gasteiger partial charge in [0.25, 0.3) is 0 Å². The van der Waals surface area contributed by atoms with E-state index in [9.17, 15) is 8.42 Å². The lowest BCUT2D eigenvalue weighted by atomic mass is 9.83. The second-order valence-corrected chi connectivity index (χ2v) is 7.99.